The smallest absolute Gasteiger partial charge is 0.374 e. The monoisotopic (exact) mass is 343 g/mol. The fraction of sp³-hybridized carbons (Fsp3) is 0.938. The van der Waals surface area contributed by atoms with Gasteiger partial charge in [0.25, 0.3) is 0 Å². The molecular formula is C16H33N3O3Si. The third-order valence-corrected chi connectivity index (χ3v) is 7.21. The number of hydrogen-bond acceptors (Lipinski definition) is 6. The molecule has 0 aliphatic carbocycles. The van der Waals surface area contributed by atoms with Crippen LogP contribution in [0.2, 0.25) is 6.04 Å². The molecule has 1 fully saturated rings. The van der Waals surface area contributed by atoms with E-state index in [1.807, 2.05) is 20.8 Å². The maximum atomic E-state index is 8.65. The Morgan fingerprint density at radius 2 is 1.35 bits per heavy atom. The summed E-state index contributed by atoms with van der Waals surface area (Å²) in [6, 6.07) is 3.11. The lowest BCUT2D eigenvalue weighted by Crippen LogP contribution is -2.48. The molecule has 0 amide bonds. The van der Waals surface area contributed by atoms with Crippen LogP contribution in [0.5, 0.6) is 0 Å². The summed E-state index contributed by atoms with van der Waals surface area (Å²) in [7, 11) is -2.48. The first-order valence-corrected chi connectivity index (χ1v) is 10.9. The van der Waals surface area contributed by atoms with Crippen molar-refractivity contribution in [3.63, 3.8) is 0 Å². The zero-order chi connectivity index (χ0) is 17.0. The Morgan fingerprint density at radius 1 is 0.870 bits per heavy atom. The average Bonchev–Trinajstić information content (AvgIpc) is 2.55. The van der Waals surface area contributed by atoms with Gasteiger partial charge in [-0.1, -0.05) is 0 Å². The molecule has 1 saturated heterocycles. The highest BCUT2D eigenvalue weighted by molar-refractivity contribution is 6.60. The summed E-state index contributed by atoms with van der Waals surface area (Å²) in [5, 5.41) is 8.65. The van der Waals surface area contributed by atoms with Crippen molar-refractivity contribution >= 4 is 8.80 Å². The molecule has 23 heavy (non-hydrogen) atoms. The van der Waals surface area contributed by atoms with E-state index in [1.54, 1.807) is 0 Å². The molecule has 134 valence electrons. The Hall–Kier alpha value is -0.493. The van der Waals surface area contributed by atoms with Gasteiger partial charge in [-0.25, -0.2) is 0 Å². The average molecular weight is 344 g/mol. The molecule has 0 unspecified atom stereocenters. The summed E-state index contributed by atoms with van der Waals surface area (Å²) in [6.45, 7) is 14.2. The van der Waals surface area contributed by atoms with Crippen molar-refractivity contribution in [1.82, 2.24) is 9.80 Å². The van der Waals surface area contributed by atoms with E-state index >= 15 is 0 Å². The van der Waals surface area contributed by atoms with Crippen LogP contribution in [0.15, 0.2) is 0 Å². The Labute approximate surface area is 142 Å². The van der Waals surface area contributed by atoms with Gasteiger partial charge < -0.3 is 18.2 Å². The predicted octanol–water partition coefficient (Wildman–Crippen LogP) is 1.96. The molecule has 0 saturated carbocycles. The first-order chi connectivity index (χ1) is 11.2. The van der Waals surface area contributed by atoms with Gasteiger partial charge in [0.1, 0.15) is 0 Å². The topological polar surface area (TPSA) is 58.0 Å². The predicted molar refractivity (Wildman–Crippen MR) is 93.2 cm³/mol. The molecule has 0 spiro atoms. The number of nitriles is 1. The molecular weight excluding hydrogens is 310 g/mol. The van der Waals surface area contributed by atoms with E-state index in [1.165, 1.54) is 0 Å². The minimum atomic E-state index is -2.48. The maximum Gasteiger partial charge on any atom is 0.500 e. The number of nitrogens with zero attached hydrogens (tertiary/aromatic N) is 3. The highest BCUT2D eigenvalue weighted by Crippen LogP contribution is 2.18. The molecule has 0 bridgehead atoms. The molecule has 1 aliphatic rings. The Morgan fingerprint density at radius 3 is 1.78 bits per heavy atom. The molecule has 0 aromatic heterocycles. The quantitative estimate of drug-likeness (QED) is 0.505. The second kappa shape index (κ2) is 12.0. The Balaban J connectivity index is 2.32. The SMILES string of the molecule is CCO[Si](CCCN1CCN(CCC#N)CC1)(OCC)OCC. The molecule has 1 heterocycles. The zero-order valence-electron chi connectivity index (χ0n) is 15.1. The minimum absolute atomic E-state index is 0.630. The highest BCUT2D eigenvalue weighted by atomic mass is 28.4. The summed E-state index contributed by atoms with van der Waals surface area (Å²) in [4.78, 5) is 4.87. The van der Waals surface area contributed by atoms with E-state index in [-0.39, 0.29) is 0 Å². The first-order valence-electron chi connectivity index (χ1n) is 8.93. The van der Waals surface area contributed by atoms with E-state index in [4.69, 9.17) is 18.5 Å². The standard InChI is InChI=1S/C16H33N3O3Si/c1-4-20-23(21-5-2,22-6-3)16-8-11-19-14-12-18(13-15-19)10-7-9-17/h4-8,10-16H2,1-3H3. The lowest BCUT2D eigenvalue weighted by Gasteiger charge is -2.35. The van der Waals surface area contributed by atoms with Crippen LogP contribution in [0.4, 0.5) is 0 Å². The fourth-order valence-electron chi connectivity index (χ4n) is 2.97. The van der Waals surface area contributed by atoms with Crippen LogP contribution < -0.4 is 0 Å². The molecule has 0 aromatic carbocycles. The lowest BCUT2D eigenvalue weighted by molar-refractivity contribution is 0.0688. The van der Waals surface area contributed by atoms with Crippen LogP contribution in [0.25, 0.3) is 0 Å². The summed E-state index contributed by atoms with van der Waals surface area (Å²) < 4.78 is 17.7. The van der Waals surface area contributed by atoms with Gasteiger partial charge in [-0.05, 0) is 33.7 Å². The summed E-state index contributed by atoms with van der Waals surface area (Å²) in [5.41, 5.74) is 0. The number of hydrogen-bond donors (Lipinski definition) is 0. The second-order valence-electron chi connectivity index (χ2n) is 5.68. The lowest BCUT2D eigenvalue weighted by atomic mass is 10.3. The molecule has 0 aromatic rings. The van der Waals surface area contributed by atoms with Crippen LogP contribution in [0.1, 0.15) is 33.6 Å². The third kappa shape index (κ3) is 7.74. The second-order valence-corrected chi connectivity index (χ2v) is 8.41. The normalized spacial score (nSPS) is 17.3. The third-order valence-electron chi connectivity index (χ3n) is 4.05. The van der Waals surface area contributed by atoms with Gasteiger partial charge in [0, 0.05) is 65.0 Å². The van der Waals surface area contributed by atoms with E-state index in [0.717, 1.165) is 51.7 Å². The van der Waals surface area contributed by atoms with Gasteiger partial charge in [0.15, 0.2) is 0 Å². The van der Waals surface area contributed by atoms with E-state index < -0.39 is 8.80 Å². The van der Waals surface area contributed by atoms with Gasteiger partial charge in [0.05, 0.1) is 6.07 Å². The van der Waals surface area contributed by atoms with Crippen molar-refractivity contribution in [3.8, 4) is 6.07 Å². The van der Waals surface area contributed by atoms with Gasteiger partial charge in [-0.3, -0.25) is 4.90 Å². The van der Waals surface area contributed by atoms with Crippen molar-refractivity contribution in [2.75, 3.05) is 59.1 Å². The summed E-state index contributed by atoms with van der Waals surface area (Å²) in [5.74, 6) is 0. The number of rotatable bonds is 12. The summed E-state index contributed by atoms with van der Waals surface area (Å²) in [6.07, 6.45) is 1.68. The highest BCUT2D eigenvalue weighted by Gasteiger charge is 2.39. The van der Waals surface area contributed by atoms with E-state index in [2.05, 4.69) is 15.9 Å². The summed E-state index contributed by atoms with van der Waals surface area (Å²) >= 11 is 0. The Kier molecular flexibility index (Phi) is 10.7. The van der Waals surface area contributed by atoms with Gasteiger partial charge >= 0.3 is 8.80 Å². The van der Waals surface area contributed by atoms with Crippen LogP contribution in [0.3, 0.4) is 0 Å². The first kappa shape index (κ1) is 20.6. The van der Waals surface area contributed by atoms with Crippen molar-refractivity contribution in [2.24, 2.45) is 0 Å². The molecule has 0 atom stereocenters. The van der Waals surface area contributed by atoms with Gasteiger partial charge in [-0.15, -0.1) is 0 Å². The van der Waals surface area contributed by atoms with Crippen LogP contribution in [-0.4, -0.2) is 77.7 Å². The minimum Gasteiger partial charge on any atom is -0.374 e. The van der Waals surface area contributed by atoms with Gasteiger partial charge in [-0.2, -0.15) is 5.26 Å². The van der Waals surface area contributed by atoms with E-state index in [0.29, 0.717) is 26.2 Å². The van der Waals surface area contributed by atoms with Crippen LogP contribution in [0, 0.1) is 11.3 Å². The van der Waals surface area contributed by atoms with Crippen molar-refractivity contribution in [1.29, 1.82) is 5.26 Å². The molecule has 7 heteroatoms. The maximum absolute atomic E-state index is 8.65. The molecule has 1 rings (SSSR count). The van der Waals surface area contributed by atoms with E-state index in [9.17, 15) is 0 Å². The molecule has 6 nitrogen and oxygen atoms in total. The van der Waals surface area contributed by atoms with Crippen molar-refractivity contribution in [3.05, 3.63) is 0 Å². The molecule has 1 aliphatic heterocycles. The Bertz CT molecular complexity index is 327. The van der Waals surface area contributed by atoms with Crippen LogP contribution >= 0.6 is 0 Å². The molecule has 0 N–H and O–H groups in total. The zero-order valence-corrected chi connectivity index (χ0v) is 16.1. The largest absolute Gasteiger partial charge is 0.500 e. The van der Waals surface area contributed by atoms with Crippen molar-refractivity contribution < 1.29 is 13.3 Å². The van der Waals surface area contributed by atoms with Gasteiger partial charge in [0.2, 0.25) is 0 Å². The van der Waals surface area contributed by atoms with Crippen LogP contribution in [-0.2, 0) is 13.3 Å². The number of piperazine rings is 1. The molecule has 0 radical (unpaired) electrons. The van der Waals surface area contributed by atoms with Crippen molar-refractivity contribution in [2.45, 2.75) is 39.7 Å². The fourth-order valence-corrected chi connectivity index (χ4v) is 5.56.